The smallest absolute Gasteiger partial charge is 0.0540 e. The fourth-order valence-corrected chi connectivity index (χ4v) is 1.19. The van der Waals surface area contributed by atoms with Gasteiger partial charge in [-0.1, -0.05) is 0 Å². The number of hydrogen-bond acceptors (Lipinski definition) is 4. The van der Waals surface area contributed by atoms with Gasteiger partial charge in [-0.05, 0) is 31.1 Å². The van der Waals surface area contributed by atoms with E-state index < -0.39 is 0 Å². The van der Waals surface area contributed by atoms with Gasteiger partial charge >= 0.3 is 0 Å². The van der Waals surface area contributed by atoms with Crippen LogP contribution >= 0.6 is 11.9 Å². The monoisotopic (exact) mass is 169 g/mol. The summed E-state index contributed by atoms with van der Waals surface area (Å²) in [7, 11) is 1.88. The maximum Gasteiger partial charge on any atom is 0.0540 e. The van der Waals surface area contributed by atoms with E-state index in [4.69, 9.17) is 5.73 Å². The highest BCUT2D eigenvalue weighted by Gasteiger charge is 1.92. The van der Waals surface area contributed by atoms with Gasteiger partial charge in [0.15, 0.2) is 0 Å². The van der Waals surface area contributed by atoms with Gasteiger partial charge < -0.3 is 5.73 Å². The minimum absolute atomic E-state index is 0.504. The molecular formula is C7H11N3S. The van der Waals surface area contributed by atoms with Crippen molar-refractivity contribution in [2.45, 2.75) is 11.4 Å². The van der Waals surface area contributed by atoms with Gasteiger partial charge in [0.25, 0.3) is 0 Å². The molecule has 0 radical (unpaired) electrons. The van der Waals surface area contributed by atoms with Crippen molar-refractivity contribution in [1.82, 2.24) is 9.71 Å². The maximum atomic E-state index is 5.39. The van der Waals surface area contributed by atoms with E-state index in [1.54, 1.807) is 11.9 Å². The van der Waals surface area contributed by atoms with Crippen LogP contribution < -0.4 is 10.5 Å². The van der Waals surface area contributed by atoms with E-state index in [1.165, 1.54) is 0 Å². The van der Waals surface area contributed by atoms with Gasteiger partial charge in [-0.3, -0.25) is 9.71 Å². The van der Waals surface area contributed by atoms with Crippen LogP contribution in [0.25, 0.3) is 0 Å². The van der Waals surface area contributed by atoms with Crippen molar-refractivity contribution in [1.29, 1.82) is 0 Å². The van der Waals surface area contributed by atoms with Crippen molar-refractivity contribution in [3.05, 3.63) is 24.0 Å². The SMILES string of the molecule is CNSc1ccc(CN)nc1. The summed E-state index contributed by atoms with van der Waals surface area (Å²) >= 11 is 1.54. The fraction of sp³-hybridized carbons (Fsp3) is 0.286. The maximum absolute atomic E-state index is 5.39. The zero-order valence-corrected chi connectivity index (χ0v) is 7.19. The highest BCUT2D eigenvalue weighted by atomic mass is 32.2. The molecule has 60 valence electrons. The third-order valence-corrected chi connectivity index (χ3v) is 1.91. The topological polar surface area (TPSA) is 50.9 Å². The van der Waals surface area contributed by atoms with Crippen LogP contribution in [0.15, 0.2) is 23.2 Å². The molecular weight excluding hydrogens is 158 g/mol. The molecule has 3 nitrogen and oxygen atoms in total. The molecule has 0 aliphatic heterocycles. The molecule has 0 fully saturated rings. The first-order chi connectivity index (χ1) is 5.36. The molecule has 0 unspecified atom stereocenters. The van der Waals surface area contributed by atoms with Crippen molar-refractivity contribution in [3.8, 4) is 0 Å². The first-order valence-corrected chi connectivity index (χ1v) is 4.17. The summed E-state index contributed by atoms with van der Waals surface area (Å²) in [5, 5.41) is 0. The second kappa shape index (κ2) is 4.33. The molecule has 0 saturated heterocycles. The Labute approximate surface area is 70.5 Å². The molecule has 1 aromatic heterocycles. The Morgan fingerprint density at radius 2 is 2.45 bits per heavy atom. The van der Waals surface area contributed by atoms with Crippen molar-refractivity contribution >= 4 is 11.9 Å². The van der Waals surface area contributed by atoms with E-state index in [9.17, 15) is 0 Å². The Hall–Kier alpha value is -0.580. The van der Waals surface area contributed by atoms with Crippen LogP contribution in [0.3, 0.4) is 0 Å². The molecule has 0 saturated carbocycles. The number of nitrogens with zero attached hydrogens (tertiary/aromatic N) is 1. The average Bonchev–Trinajstić information content (AvgIpc) is 2.07. The van der Waals surface area contributed by atoms with Crippen LogP contribution in [-0.2, 0) is 6.54 Å². The largest absolute Gasteiger partial charge is 0.325 e. The number of nitrogens with one attached hydrogen (secondary N) is 1. The Balaban J connectivity index is 2.66. The summed E-state index contributed by atoms with van der Waals surface area (Å²) in [6, 6.07) is 3.93. The lowest BCUT2D eigenvalue weighted by atomic mass is 10.4. The molecule has 0 atom stereocenters. The van der Waals surface area contributed by atoms with Crippen LogP contribution in [0, 0.1) is 0 Å². The van der Waals surface area contributed by atoms with Crippen molar-refractivity contribution in [2.24, 2.45) is 5.73 Å². The molecule has 1 aromatic rings. The van der Waals surface area contributed by atoms with Crippen molar-refractivity contribution < 1.29 is 0 Å². The zero-order chi connectivity index (χ0) is 8.10. The van der Waals surface area contributed by atoms with Crippen molar-refractivity contribution in [2.75, 3.05) is 7.05 Å². The predicted molar refractivity (Wildman–Crippen MR) is 47.0 cm³/mol. The number of pyridine rings is 1. The summed E-state index contributed by atoms with van der Waals surface area (Å²) in [5.41, 5.74) is 6.31. The van der Waals surface area contributed by atoms with Crippen LogP contribution in [0.5, 0.6) is 0 Å². The molecule has 4 heteroatoms. The van der Waals surface area contributed by atoms with Gasteiger partial charge in [0, 0.05) is 17.6 Å². The number of hydrogen-bond donors (Lipinski definition) is 2. The first kappa shape index (κ1) is 8.52. The normalized spacial score (nSPS) is 10.0. The van der Waals surface area contributed by atoms with Crippen LogP contribution in [0.4, 0.5) is 0 Å². The van der Waals surface area contributed by atoms with E-state index in [0.717, 1.165) is 10.6 Å². The van der Waals surface area contributed by atoms with Crippen molar-refractivity contribution in [3.63, 3.8) is 0 Å². The zero-order valence-electron chi connectivity index (χ0n) is 6.37. The van der Waals surface area contributed by atoms with Gasteiger partial charge in [-0.15, -0.1) is 0 Å². The molecule has 1 rings (SSSR count). The molecule has 1 heterocycles. The Bertz CT molecular complexity index is 209. The third kappa shape index (κ3) is 2.49. The van der Waals surface area contributed by atoms with Gasteiger partial charge in [0.05, 0.1) is 5.69 Å². The summed E-state index contributed by atoms with van der Waals surface area (Å²) in [6.07, 6.45) is 1.81. The second-order valence-corrected chi connectivity index (χ2v) is 3.08. The molecule has 0 aliphatic rings. The molecule has 3 N–H and O–H groups in total. The average molecular weight is 169 g/mol. The van der Waals surface area contributed by atoms with Gasteiger partial charge in [0.2, 0.25) is 0 Å². The Morgan fingerprint density at radius 3 is 2.91 bits per heavy atom. The molecule has 0 aliphatic carbocycles. The van der Waals surface area contributed by atoms with E-state index in [0.29, 0.717) is 6.54 Å². The minimum atomic E-state index is 0.504. The summed E-state index contributed by atoms with van der Waals surface area (Å²) < 4.78 is 2.97. The lowest BCUT2D eigenvalue weighted by Crippen LogP contribution is -1.99. The van der Waals surface area contributed by atoms with Crippen LogP contribution in [0.1, 0.15) is 5.69 Å². The lowest BCUT2D eigenvalue weighted by Gasteiger charge is -1.98. The molecule has 0 spiro atoms. The highest BCUT2D eigenvalue weighted by molar-refractivity contribution is 7.97. The number of nitrogens with two attached hydrogens (primary N) is 1. The summed E-state index contributed by atoms with van der Waals surface area (Å²) in [5.74, 6) is 0. The summed E-state index contributed by atoms with van der Waals surface area (Å²) in [4.78, 5) is 5.23. The predicted octanol–water partition coefficient (Wildman–Crippen LogP) is 0.767. The quantitative estimate of drug-likeness (QED) is 0.656. The summed E-state index contributed by atoms with van der Waals surface area (Å²) in [6.45, 7) is 0.504. The van der Waals surface area contributed by atoms with E-state index in [-0.39, 0.29) is 0 Å². The molecule has 11 heavy (non-hydrogen) atoms. The van der Waals surface area contributed by atoms with E-state index >= 15 is 0 Å². The standard InChI is InChI=1S/C7H11N3S/c1-9-11-7-3-2-6(4-8)10-5-7/h2-3,5,9H,4,8H2,1H3. The molecule has 0 aromatic carbocycles. The van der Waals surface area contributed by atoms with E-state index in [1.807, 2.05) is 25.4 Å². The van der Waals surface area contributed by atoms with Gasteiger partial charge in [-0.25, -0.2) is 0 Å². The molecule has 0 amide bonds. The second-order valence-electron chi connectivity index (χ2n) is 2.00. The highest BCUT2D eigenvalue weighted by Crippen LogP contribution is 2.11. The Kier molecular flexibility index (Phi) is 3.35. The lowest BCUT2D eigenvalue weighted by molar-refractivity contribution is 0.976. The minimum Gasteiger partial charge on any atom is -0.325 e. The van der Waals surface area contributed by atoms with E-state index in [2.05, 4.69) is 9.71 Å². The number of aromatic nitrogens is 1. The van der Waals surface area contributed by atoms with Crippen LogP contribution in [0.2, 0.25) is 0 Å². The van der Waals surface area contributed by atoms with Gasteiger partial charge in [-0.2, -0.15) is 0 Å². The molecule has 0 bridgehead atoms. The van der Waals surface area contributed by atoms with Crippen LogP contribution in [-0.4, -0.2) is 12.0 Å². The first-order valence-electron chi connectivity index (χ1n) is 3.35. The number of rotatable bonds is 3. The third-order valence-electron chi connectivity index (χ3n) is 1.23. The fourth-order valence-electron chi connectivity index (χ4n) is 0.710. The Morgan fingerprint density at radius 1 is 1.64 bits per heavy atom. The van der Waals surface area contributed by atoms with Gasteiger partial charge in [0.1, 0.15) is 0 Å².